The molecule has 8 rings (SSSR count). The highest BCUT2D eigenvalue weighted by molar-refractivity contribution is 7.92. The molecule has 2 amide bonds. The zero-order chi connectivity index (χ0) is 41.8. The van der Waals surface area contributed by atoms with Crippen LogP contribution in [0.5, 0.6) is 0 Å². The summed E-state index contributed by atoms with van der Waals surface area (Å²) >= 11 is 1.36. The number of anilines is 5. The highest BCUT2D eigenvalue weighted by Gasteiger charge is 2.29. The largest absolute Gasteiger partial charge is 0.368 e. The molecule has 3 N–H and O–H groups in total. The molecule has 3 aliphatic heterocycles. The first-order valence-electron chi connectivity index (χ1n) is 20.4. The zero-order valence-corrected chi connectivity index (χ0v) is 35.2. The minimum Gasteiger partial charge on any atom is -0.368 e. The van der Waals surface area contributed by atoms with Crippen LogP contribution in [0.4, 0.5) is 33.3 Å². The van der Waals surface area contributed by atoms with E-state index in [2.05, 4.69) is 50.0 Å². The number of rotatable bonds is 13. The molecule has 314 valence electrons. The van der Waals surface area contributed by atoms with E-state index in [1.54, 1.807) is 37.5 Å². The van der Waals surface area contributed by atoms with Gasteiger partial charge in [-0.05, 0) is 80.5 Å². The summed E-state index contributed by atoms with van der Waals surface area (Å²) in [6, 6.07) is 14.2. The van der Waals surface area contributed by atoms with Gasteiger partial charge in [0.2, 0.25) is 27.8 Å². The Morgan fingerprint density at radius 1 is 0.900 bits per heavy atom. The summed E-state index contributed by atoms with van der Waals surface area (Å²) < 4.78 is 42.9. The average Bonchev–Trinajstić information content (AvgIpc) is 3.64. The molecule has 0 unspecified atom stereocenters. The summed E-state index contributed by atoms with van der Waals surface area (Å²) in [6.45, 7) is 10.3. The quantitative estimate of drug-likeness (QED) is 0.118. The fourth-order valence-corrected chi connectivity index (χ4v) is 10.1. The van der Waals surface area contributed by atoms with Gasteiger partial charge in [-0.25, -0.2) is 37.7 Å². The van der Waals surface area contributed by atoms with E-state index in [0.717, 1.165) is 75.7 Å². The Labute approximate surface area is 352 Å². The van der Waals surface area contributed by atoms with Crippen LogP contribution in [0.1, 0.15) is 55.5 Å². The Balaban J connectivity index is 0.824. The van der Waals surface area contributed by atoms with Crippen LogP contribution >= 0.6 is 11.3 Å². The number of sulfonamides is 1. The molecule has 60 heavy (non-hydrogen) atoms. The van der Waals surface area contributed by atoms with E-state index in [0.29, 0.717) is 58.2 Å². The van der Waals surface area contributed by atoms with Crippen molar-refractivity contribution in [1.82, 2.24) is 35.1 Å². The molecule has 3 fully saturated rings. The fraction of sp³-hybridized carbons (Fsp3) is 0.405. The number of carbonyl (C=O) groups excluding carboxylic acids is 2. The van der Waals surface area contributed by atoms with Crippen LogP contribution in [0.3, 0.4) is 0 Å². The summed E-state index contributed by atoms with van der Waals surface area (Å²) in [6.07, 6.45) is 8.76. The van der Waals surface area contributed by atoms with Crippen molar-refractivity contribution in [2.75, 3.05) is 71.4 Å². The van der Waals surface area contributed by atoms with Gasteiger partial charge < -0.3 is 15.1 Å². The Kier molecular flexibility index (Phi) is 12.3. The first-order valence-corrected chi connectivity index (χ1v) is 22.8. The number of nitrogens with one attached hydrogen (secondary N) is 3. The van der Waals surface area contributed by atoms with Crippen molar-refractivity contribution in [2.45, 2.75) is 51.9 Å². The number of hydrogen-bond donors (Lipinski definition) is 3. The second-order valence-corrected chi connectivity index (χ2v) is 18.5. The number of halogens is 1. The van der Waals surface area contributed by atoms with Crippen LogP contribution in [-0.4, -0.2) is 102 Å². The van der Waals surface area contributed by atoms with Crippen molar-refractivity contribution in [2.24, 2.45) is 5.92 Å². The zero-order valence-electron chi connectivity index (χ0n) is 33.6. The average molecular weight is 854 g/mol. The molecule has 0 saturated carbocycles. The van der Waals surface area contributed by atoms with Crippen molar-refractivity contribution >= 4 is 62.1 Å². The normalized spacial score (nSPS) is 18.1. The number of benzene rings is 1. The van der Waals surface area contributed by atoms with Gasteiger partial charge in [0.05, 0.1) is 50.5 Å². The second-order valence-electron chi connectivity index (χ2n) is 15.5. The van der Waals surface area contributed by atoms with Crippen LogP contribution < -0.4 is 25.2 Å². The van der Waals surface area contributed by atoms with E-state index in [-0.39, 0.29) is 34.7 Å². The van der Waals surface area contributed by atoms with Gasteiger partial charge in [-0.1, -0.05) is 19.1 Å². The number of hydrogen-bond acceptors (Lipinski definition) is 14. The maximum Gasteiger partial charge on any atom is 0.234 e. The van der Waals surface area contributed by atoms with Crippen LogP contribution in [-0.2, 0) is 19.6 Å². The predicted octanol–water partition coefficient (Wildman–Crippen LogP) is 5.96. The predicted molar refractivity (Wildman–Crippen MR) is 231 cm³/mol. The van der Waals surface area contributed by atoms with Gasteiger partial charge in [-0.2, -0.15) is 0 Å². The second kappa shape index (κ2) is 17.9. The van der Waals surface area contributed by atoms with Gasteiger partial charge in [-0.3, -0.25) is 24.5 Å². The van der Waals surface area contributed by atoms with Crippen LogP contribution in [0.25, 0.3) is 21.8 Å². The number of pyridine rings is 2. The fourth-order valence-electron chi connectivity index (χ4n) is 8.07. The van der Waals surface area contributed by atoms with Crippen molar-refractivity contribution in [3.63, 3.8) is 0 Å². The molecule has 1 aromatic carbocycles. The smallest absolute Gasteiger partial charge is 0.234 e. The molecule has 18 heteroatoms. The first kappa shape index (κ1) is 41.2. The van der Waals surface area contributed by atoms with Gasteiger partial charge in [0, 0.05) is 70.2 Å². The Bertz CT molecular complexity index is 2430. The number of piperidine rings is 2. The number of aromatic nitrogens is 5. The van der Waals surface area contributed by atoms with Gasteiger partial charge in [0.1, 0.15) is 11.6 Å². The van der Waals surface area contributed by atoms with E-state index in [1.807, 2.05) is 37.4 Å². The molecule has 0 radical (unpaired) electrons. The molecule has 7 heterocycles. The minimum atomic E-state index is -3.69. The lowest BCUT2D eigenvalue weighted by atomic mass is 9.91. The third kappa shape index (κ3) is 9.55. The number of carbonyl (C=O) groups is 2. The monoisotopic (exact) mass is 853 g/mol. The molecule has 0 aliphatic carbocycles. The molecule has 3 aliphatic rings. The molecular weight excluding hydrogens is 806 g/mol. The summed E-state index contributed by atoms with van der Waals surface area (Å²) in [5, 5.41) is 6.33. The third-order valence-electron chi connectivity index (χ3n) is 11.2. The molecule has 5 aromatic rings. The van der Waals surface area contributed by atoms with E-state index in [4.69, 9.17) is 4.98 Å². The first-order chi connectivity index (χ1) is 29.0. The van der Waals surface area contributed by atoms with Gasteiger partial charge in [0.25, 0.3) is 0 Å². The summed E-state index contributed by atoms with van der Waals surface area (Å²) in [5.41, 5.74) is 2.86. The lowest BCUT2D eigenvalue weighted by molar-refractivity contribution is -0.134. The highest BCUT2D eigenvalue weighted by Crippen LogP contribution is 2.39. The molecule has 0 spiro atoms. The number of aryl methyl sites for hydroxylation is 1. The number of nitrogens with zero attached hydrogens (tertiary/aromatic N) is 8. The SMILES string of the molecule is CCCS(=O)(=O)Nc1cccc(-c2nc(C)sc2-c2ccnc(Nc3ccc(N4CCN(CC5CCN(c6ccc([C@H]7CCC(=O)NC7=O)cn6)CC5)CC4)cn3)n2)c1F. The van der Waals surface area contributed by atoms with Crippen LogP contribution in [0, 0.1) is 18.7 Å². The van der Waals surface area contributed by atoms with Crippen molar-refractivity contribution < 1.29 is 22.4 Å². The topological polar surface area (TPSA) is 179 Å². The molecule has 4 aromatic heterocycles. The lowest BCUT2D eigenvalue weighted by Gasteiger charge is -2.39. The van der Waals surface area contributed by atoms with E-state index in [9.17, 15) is 18.0 Å². The number of thiazole rings is 1. The van der Waals surface area contributed by atoms with Gasteiger partial charge in [0.15, 0.2) is 5.82 Å². The van der Waals surface area contributed by atoms with Crippen molar-refractivity contribution in [1.29, 1.82) is 0 Å². The van der Waals surface area contributed by atoms with Gasteiger partial charge in [-0.15, -0.1) is 11.3 Å². The standard InChI is InChI=1S/C42H48FN11O4S2/c1-3-23-60(57,58)51-33-6-4-5-32(38(33)43)39-40(59-27(2)47-39)34-13-16-44-42(48-34)49-35-10-8-30(25-45-35)53-21-19-52(20-22-53)26-28-14-17-54(18-15-28)36-11-7-29(24-46-36)31-9-12-37(55)50-41(31)56/h4-8,10-11,13,16,24-25,28,31,51H,3,9,12,14-15,17-23,26H2,1-2H3,(H,50,55,56)(H,44,45,48,49)/t31-/m1/s1. The Morgan fingerprint density at radius 2 is 1.72 bits per heavy atom. The Morgan fingerprint density at radius 3 is 2.43 bits per heavy atom. The van der Waals surface area contributed by atoms with Gasteiger partial charge >= 0.3 is 0 Å². The van der Waals surface area contributed by atoms with Crippen molar-refractivity contribution in [3.8, 4) is 21.8 Å². The highest BCUT2D eigenvalue weighted by atomic mass is 32.2. The number of amides is 2. The van der Waals surface area contributed by atoms with E-state index >= 15 is 4.39 Å². The minimum absolute atomic E-state index is 0.110. The number of imide groups is 1. The molecule has 0 bridgehead atoms. The van der Waals surface area contributed by atoms with Crippen LogP contribution in [0.2, 0.25) is 0 Å². The molecular formula is C42H48FN11O4S2. The Hall–Kier alpha value is -5.59. The number of piperazine rings is 1. The van der Waals surface area contributed by atoms with E-state index < -0.39 is 15.8 Å². The molecule has 15 nitrogen and oxygen atoms in total. The third-order valence-corrected chi connectivity index (χ3v) is 13.7. The maximum absolute atomic E-state index is 15.8. The summed E-state index contributed by atoms with van der Waals surface area (Å²) in [7, 11) is -3.69. The summed E-state index contributed by atoms with van der Waals surface area (Å²) in [4.78, 5) is 54.7. The lowest BCUT2D eigenvalue weighted by Crippen LogP contribution is -2.49. The maximum atomic E-state index is 15.8. The summed E-state index contributed by atoms with van der Waals surface area (Å²) in [5.74, 6) is 0.891. The van der Waals surface area contributed by atoms with Crippen molar-refractivity contribution in [3.05, 3.63) is 83.5 Å². The molecule has 3 saturated heterocycles. The van der Waals surface area contributed by atoms with Crippen LogP contribution in [0.15, 0.2) is 67.1 Å². The molecule has 1 atom stereocenters. The van der Waals surface area contributed by atoms with E-state index in [1.165, 1.54) is 17.4 Å².